The highest BCUT2D eigenvalue weighted by Gasteiger charge is 2.17. The third-order valence-corrected chi connectivity index (χ3v) is 5.50. The van der Waals surface area contributed by atoms with Gasteiger partial charge in [-0.25, -0.2) is 5.43 Å². The Morgan fingerprint density at radius 1 is 1.27 bits per heavy atom. The second-order valence-electron chi connectivity index (χ2n) is 2.94. The van der Waals surface area contributed by atoms with Crippen molar-refractivity contribution in [3.8, 4) is 0 Å². The highest BCUT2D eigenvalue weighted by Crippen LogP contribution is 2.34. The van der Waals surface area contributed by atoms with Crippen molar-refractivity contribution < 1.29 is 0 Å². The molecule has 6 heteroatoms. The lowest BCUT2D eigenvalue weighted by Gasteiger charge is -2.13. The van der Waals surface area contributed by atoms with E-state index in [9.17, 15) is 0 Å². The van der Waals surface area contributed by atoms with E-state index in [1.54, 1.807) is 22.7 Å². The molecule has 0 amide bonds. The topological polar surface area (TPSA) is 38.0 Å². The third kappa shape index (κ3) is 2.51. The lowest BCUT2D eigenvalue weighted by molar-refractivity contribution is 0.646. The Balaban J connectivity index is 2.36. The summed E-state index contributed by atoms with van der Waals surface area (Å²) in [5, 5.41) is 6.21. The highest BCUT2D eigenvalue weighted by molar-refractivity contribution is 9.10. The van der Waals surface area contributed by atoms with Gasteiger partial charge >= 0.3 is 0 Å². The van der Waals surface area contributed by atoms with Crippen LogP contribution in [0.3, 0.4) is 0 Å². The molecule has 0 aliphatic heterocycles. The first kappa shape index (κ1) is 11.8. The van der Waals surface area contributed by atoms with E-state index in [4.69, 9.17) is 5.84 Å². The van der Waals surface area contributed by atoms with Crippen molar-refractivity contribution in [3.05, 3.63) is 41.6 Å². The van der Waals surface area contributed by atoms with Gasteiger partial charge in [0.05, 0.1) is 6.04 Å². The lowest BCUT2D eigenvalue weighted by atomic mass is 10.1. The van der Waals surface area contributed by atoms with E-state index in [1.165, 1.54) is 10.4 Å². The SMILES string of the molecule is NNC(c1cc(Br)cs1)c1cscc1Br. The number of nitrogens with two attached hydrogens (primary N) is 1. The summed E-state index contributed by atoms with van der Waals surface area (Å²) in [6.45, 7) is 0. The maximum atomic E-state index is 5.60. The summed E-state index contributed by atoms with van der Waals surface area (Å²) >= 11 is 10.3. The van der Waals surface area contributed by atoms with E-state index < -0.39 is 0 Å². The standard InChI is InChI=1S/C9H8Br2N2S2/c10-5-1-8(15-2-5)9(13-12)6-3-14-4-7(6)11/h1-4,9,13H,12H2. The number of hydrogen-bond acceptors (Lipinski definition) is 4. The fourth-order valence-electron chi connectivity index (χ4n) is 1.30. The minimum absolute atomic E-state index is 0.0573. The smallest absolute Gasteiger partial charge is 0.0821 e. The number of hydrogen-bond donors (Lipinski definition) is 2. The van der Waals surface area contributed by atoms with E-state index in [-0.39, 0.29) is 6.04 Å². The van der Waals surface area contributed by atoms with Gasteiger partial charge < -0.3 is 0 Å². The van der Waals surface area contributed by atoms with E-state index >= 15 is 0 Å². The zero-order valence-electron chi connectivity index (χ0n) is 7.54. The third-order valence-electron chi connectivity index (χ3n) is 1.99. The Morgan fingerprint density at radius 2 is 2.07 bits per heavy atom. The molecule has 80 valence electrons. The van der Waals surface area contributed by atoms with Gasteiger partial charge in [0, 0.05) is 30.1 Å². The van der Waals surface area contributed by atoms with Gasteiger partial charge in [-0.05, 0) is 43.3 Å². The molecule has 0 aliphatic carbocycles. The molecule has 0 saturated carbocycles. The van der Waals surface area contributed by atoms with Crippen LogP contribution in [0.4, 0.5) is 0 Å². The van der Waals surface area contributed by atoms with Gasteiger partial charge in [-0.2, -0.15) is 11.3 Å². The molecule has 0 spiro atoms. The molecule has 0 bridgehead atoms. The molecule has 1 unspecified atom stereocenters. The molecule has 1 atom stereocenters. The zero-order valence-corrected chi connectivity index (χ0v) is 12.3. The van der Waals surface area contributed by atoms with Crippen molar-refractivity contribution in [1.82, 2.24) is 5.43 Å². The number of nitrogens with one attached hydrogen (secondary N) is 1. The lowest BCUT2D eigenvalue weighted by Crippen LogP contribution is -2.28. The van der Waals surface area contributed by atoms with Crippen LogP contribution in [0.2, 0.25) is 0 Å². The fraction of sp³-hybridized carbons (Fsp3) is 0.111. The second-order valence-corrected chi connectivity index (χ2v) is 6.40. The summed E-state index contributed by atoms with van der Waals surface area (Å²) < 4.78 is 2.19. The first-order valence-corrected chi connectivity index (χ1v) is 7.55. The summed E-state index contributed by atoms with van der Waals surface area (Å²) in [6, 6.07) is 2.14. The minimum Gasteiger partial charge on any atom is -0.271 e. The number of rotatable bonds is 3. The molecule has 2 nitrogen and oxygen atoms in total. The molecule has 0 aliphatic rings. The van der Waals surface area contributed by atoms with Gasteiger partial charge in [0.1, 0.15) is 0 Å². The molecular formula is C9H8Br2N2S2. The molecule has 0 saturated heterocycles. The maximum Gasteiger partial charge on any atom is 0.0821 e. The molecule has 2 rings (SSSR count). The van der Waals surface area contributed by atoms with Crippen LogP contribution < -0.4 is 11.3 Å². The van der Waals surface area contributed by atoms with E-state index in [2.05, 4.69) is 59.5 Å². The van der Waals surface area contributed by atoms with Gasteiger partial charge in [0.25, 0.3) is 0 Å². The van der Waals surface area contributed by atoms with Crippen LogP contribution in [0.1, 0.15) is 16.5 Å². The first-order valence-electron chi connectivity index (χ1n) is 4.14. The fourth-order valence-corrected chi connectivity index (χ4v) is 4.38. The Kier molecular flexibility index (Phi) is 3.98. The van der Waals surface area contributed by atoms with Crippen molar-refractivity contribution in [2.24, 2.45) is 5.84 Å². The van der Waals surface area contributed by atoms with Crippen LogP contribution >= 0.6 is 54.5 Å². The van der Waals surface area contributed by atoms with Crippen LogP contribution in [-0.2, 0) is 0 Å². The molecule has 2 heterocycles. The van der Waals surface area contributed by atoms with E-state index in [1.807, 2.05) is 0 Å². The average molecular weight is 368 g/mol. The van der Waals surface area contributed by atoms with E-state index in [0.717, 1.165) is 8.95 Å². The molecule has 0 aromatic carbocycles. The van der Waals surface area contributed by atoms with Crippen LogP contribution in [0.15, 0.2) is 31.2 Å². The van der Waals surface area contributed by atoms with Gasteiger partial charge in [-0.15, -0.1) is 11.3 Å². The van der Waals surface area contributed by atoms with Crippen molar-refractivity contribution in [2.45, 2.75) is 6.04 Å². The maximum absolute atomic E-state index is 5.60. The summed E-state index contributed by atoms with van der Waals surface area (Å²) in [5.74, 6) is 5.60. The molecular weight excluding hydrogens is 360 g/mol. The van der Waals surface area contributed by atoms with Gasteiger partial charge in [-0.1, -0.05) is 0 Å². The molecule has 2 aromatic heterocycles. The molecule has 3 N–H and O–H groups in total. The highest BCUT2D eigenvalue weighted by atomic mass is 79.9. The van der Waals surface area contributed by atoms with Gasteiger partial charge in [-0.3, -0.25) is 5.84 Å². The van der Waals surface area contributed by atoms with E-state index in [0.29, 0.717) is 0 Å². The Morgan fingerprint density at radius 3 is 2.53 bits per heavy atom. The quantitative estimate of drug-likeness (QED) is 0.638. The predicted octanol–water partition coefficient (Wildman–Crippen LogP) is 3.89. The van der Waals surface area contributed by atoms with Crippen LogP contribution in [0.25, 0.3) is 0 Å². The van der Waals surface area contributed by atoms with Crippen LogP contribution in [0, 0.1) is 0 Å². The monoisotopic (exact) mass is 366 g/mol. The first-order chi connectivity index (χ1) is 7.22. The van der Waals surface area contributed by atoms with Crippen LogP contribution in [-0.4, -0.2) is 0 Å². The van der Waals surface area contributed by atoms with Crippen molar-refractivity contribution in [1.29, 1.82) is 0 Å². The minimum atomic E-state index is 0.0573. The molecule has 2 aromatic rings. The summed E-state index contributed by atoms with van der Waals surface area (Å²) in [4.78, 5) is 1.20. The summed E-state index contributed by atoms with van der Waals surface area (Å²) in [6.07, 6.45) is 0. The molecule has 0 fully saturated rings. The van der Waals surface area contributed by atoms with Crippen molar-refractivity contribution >= 4 is 54.5 Å². The zero-order chi connectivity index (χ0) is 10.8. The second kappa shape index (κ2) is 5.07. The Labute approximate surface area is 113 Å². The summed E-state index contributed by atoms with van der Waals surface area (Å²) in [5.41, 5.74) is 4.02. The largest absolute Gasteiger partial charge is 0.271 e. The summed E-state index contributed by atoms with van der Waals surface area (Å²) in [7, 11) is 0. The molecule has 0 radical (unpaired) electrons. The Bertz CT molecular complexity index is 452. The van der Waals surface area contributed by atoms with Crippen LogP contribution in [0.5, 0.6) is 0 Å². The predicted molar refractivity (Wildman–Crippen MR) is 73.2 cm³/mol. The molecule has 15 heavy (non-hydrogen) atoms. The number of halogens is 2. The van der Waals surface area contributed by atoms with Crippen molar-refractivity contribution in [3.63, 3.8) is 0 Å². The number of thiophene rings is 2. The van der Waals surface area contributed by atoms with Gasteiger partial charge in [0.2, 0.25) is 0 Å². The Hall–Kier alpha value is 0.280. The number of hydrazine groups is 1. The van der Waals surface area contributed by atoms with Crippen molar-refractivity contribution in [2.75, 3.05) is 0 Å². The average Bonchev–Trinajstić information content (AvgIpc) is 2.79. The normalized spacial score (nSPS) is 13.0. The van der Waals surface area contributed by atoms with Gasteiger partial charge in [0.15, 0.2) is 0 Å².